The van der Waals surface area contributed by atoms with Crippen LogP contribution in [0.15, 0.2) is 6.33 Å². The minimum atomic E-state index is -0.652. The number of rotatable bonds is 6. The molecule has 102 valence electrons. The maximum Gasteiger partial charge on any atom is 0.326 e. The highest BCUT2D eigenvalue weighted by Crippen LogP contribution is 2.15. The summed E-state index contributed by atoms with van der Waals surface area (Å²) in [6.45, 7) is 8.83. The monoisotopic (exact) mass is 253 g/mol. The molecule has 0 aromatic carbocycles. The number of carbonyl (C=O) groups is 1. The maximum atomic E-state index is 11.9. The first kappa shape index (κ1) is 14.7. The first-order chi connectivity index (χ1) is 8.44. The fourth-order valence-electron chi connectivity index (χ4n) is 1.73. The number of likely N-dealkylation sites (N-methyl/N-ethyl adjacent to an activating group) is 1. The highest BCUT2D eigenvalue weighted by molar-refractivity contribution is 5.80. The molecule has 1 aromatic rings. The molecular weight excluding hydrogens is 230 g/mol. The highest BCUT2D eigenvalue weighted by atomic mass is 16.5. The van der Waals surface area contributed by atoms with Crippen molar-refractivity contribution < 1.29 is 9.53 Å². The lowest BCUT2D eigenvalue weighted by molar-refractivity contribution is -0.150. The van der Waals surface area contributed by atoms with Crippen molar-refractivity contribution in [2.24, 2.45) is 0 Å². The molecule has 0 fully saturated rings. The number of nitrogens with zero attached hydrogens (tertiary/aromatic N) is 2. The summed E-state index contributed by atoms with van der Waals surface area (Å²) >= 11 is 0. The number of nitrogens with one attached hydrogen (secondary N) is 1. The summed E-state index contributed by atoms with van der Waals surface area (Å²) in [4.78, 5) is 16.1. The average molecular weight is 253 g/mol. The van der Waals surface area contributed by atoms with Gasteiger partial charge < -0.3 is 14.6 Å². The standard InChI is InChI=1S/C13H23N3O2/c1-6-18-12(17)13(4,14-5)7-8-16-9-15-10(2)11(16)3/h9,14H,6-8H2,1-5H3. The van der Waals surface area contributed by atoms with E-state index >= 15 is 0 Å². The number of imidazole rings is 1. The van der Waals surface area contributed by atoms with Gasteiger partial charge in [0, 0.05) is 12.2 Å². The second-order valence-corrected chi connectivity index (χ2v) is 4.66. The number of hydrogen-bond acceptors (Lipinski definition) is 4. The molecule has 0 saturated carbocycles. The number of aryl methyl sites for hydroxylation is 2. The Balaban J connectivity index is 2.69. The van der Waals surface area contributed by atoms with Crippen LogP contribution >= 0.6 is 0 Å². The van der Waals surface area contributed by atoms with E-state index < -0.39 is 5.54 Å². The molecule has 0 aliphatic rings. The summed E-state index contributed by atoms with van der Waals surface area (Å²) in [5.74, 6) is -0.206. The van der Waals surface area contributed by atoms with Crippen molar-refractivity contribution in [2.45, 2.75) is 46.2 Å². The molecule has 0 amide bonds. The zero-order valence-corrected chi connectivity index (χ0v) is 11.9. The van der Waals surface area contributed by atoms with Gasteiger partial charge in [-0.2, -0.15) is 0 Å². The van der Waals surface area contributed by atoms with Crippen molar-refractivity contribution >= 4 is 5.97 Å². The van der Waals surface area contributed by atoms with Gasteiger partial charge in [-0.05, 0) is 41.2 Å². The molecule has 1 N–H and O–H groups in total. The second kappa shape index (κ2) is 6.00. The van der Waals surface area contributed by atoms with Crippen molar-refractivity contribution in [3.63, 3.8) is 0 Å². The van der Waals surface area contributed by atoms with Crippen LogP contribution in [-0.2, 0) is 16.1 Å². The topological polar surface area (TPSA) is 56.2 Å². The quantitative estimate of drug-likeness (QED) is 0.779. The van der Waals surface area contributed by atoms with Gasteiger partial charge >= 0.3 is 5.97 Å². The van der Waals surface area contributed by atoms with Crippen LogP contribution in [0.4, 0.5) is 0 Å². The molecule has 18 heavy (non-hydrogen) atoms. The van der Waals surface area contributed by atoms with Gasteiger partial charge in [-0.1, -0.05) is 0 Å². The highest BCUT2D eigenvalue weighted by Gasteiger charge is 2.32. The maximum absolute atomic E-state index is 11.9. The smallest absolute Gasteiger partial charge is 0.326 e. The van der Waals surface area contributed by atoms with E-state index in [4.69, 9.17) is 4.74 Å². The molecule has 0 aliphatic heterocycles. The molecule has 1 unspecified atom stereocenters. The molecule has 0 aliphatic carbocycles. The zero-order valence-electron chi connectivity index (χ0n) is 11.9. The normalized spacial score (nSPS) is 14.3. The van der Waals surface area contributed by atoms with E-state index in [1.54, 1.807) is 7.05 Å². The molecule has 1 atom stereocenters. The molecule has 5 heteroatoms. The lowest BCUT2D eigenvalue weighted by Crippen LogP contribution is -2.49. The molecule has 0 radical (unpaired) electrons. The molecule has 1 rings (SSSR count). The van der Waals surface area contributed by atoms with Crippen molar-refractivity contribution in [3.05, 3.63) is 17.7 Å². The fourth-order valence-corrected chi connectivity index (χ4v) is 1.73. The molecule has 0 saturated heterocycles. The van der Waals surface area contributed by atoms with Gasteiger partial charge in [-0.15, -0.1) is 0 Å². The third kappa shape index (κ3) is 3.10. The Morgan fingerprint density at radius 3 is 2.67 bits per heavy atom. The Labute approximate surface area is 109 Å². The Morgan fingerprint density at radius 1 is 1.56 bits per heavy atom. The summed E-state index contributed by atoms with van der Waals surface area (Å²) in [6, 6.07) is 0. The van der Waals surface area contributed by atoms with E-state index in [-0.39, 0.29) is 5.97 Å². The molecular formula is C13H23N3O2. The number of aromatic nitrogens is 2. The minimum Gasteiger partial charge on any atom is -0.465 e. The number of hydrogen-bond donors (Lipinski definition) is 1. The van der Waals surface area contributed by atoms with Crippen LogP contribution < -0.4 is 5.32 Å². The van der Waals surface area contributed by atoms with E-state index in [1.807, 2.05) is 34.0 Å². The van der Waals surface area contributed by atoms with E-state index in [9.17, 15) is 4.79 Å². The molecule has 1 aromatic heterocycles. The van der Waals surface area contributed by atoms with E-state index in [0.29, 0.717) is 13.0 Å². The van der Waals surface area contributed by atoms with Crippen LogP contribution in [0.5, 0.6) is 0 Å². The molecule has 0 spiro atoms. The van der Waals surface area contributed by atoms with Gasteiger partial charge in [-0.25, -0.2) is 4.98 Å². The average Bonchev–Trinajstić information content (AvgIpc) is 2.67. The van der Waals surface area contributed by atoms with Gasteiger partial charge in [0.1, 0.15) is 5.54 Å². The van der Waals surface area contributed by atoms with Crippen LogP contribution in [0.25, 0.3) is 0 Å². The lowest BCUT2D eigenvalue weighted by atomic mass is 9.98. The SMILES string of the molecule is CCOC(=O)C(C)(CCn1cnc(C)c1C)NC. The first-order valence-corrected chi connectivity index (χ1v) is 6.29. The van der Waals surface area contributed by atoms with Gasteiger partial charge in [0.25, 0.3) is 0 Å². The van der Waals surface area contributed by atoms with Crippen LogP contribution in [0.3, 0.4) is 0 Å². The molecule has 1 heterocycles. The summed E-state index contributed by atoms with van der Waals surface area (Å²) in [7, 11) is 1.78. The van der Waals surface area contributed by atoms with Crippen LogP contribution in [-0.4, -0.2) is 34.7 Å². The molecule has 0 bridgehead atoms. The van der Waals surface area contributed by atoms with Crippen molar-refractivity contribution in [2.75, 3.05) is 13.7 Å². The Hall–Kier alpha value is -1.36. The van der Waals surface area contributed by atoms with Gasteiger partial charge in [0.15, 0.2) is 0 Å². The summed E-state index contributed by atoms with van der Waals surface area (Å²) in [5.41, 5.74) is 1.51. The number of esters is 1. The fraction of sp³-hybridized carbons (Fsp3) is 0.692. The largest absolute Gasteiger partial charge is 0.465 e. The predicted octanol–water partition coefficient (Wildman–Crippen LogP) is 1.43. The minimum absolute atomic E-state index is 0.206. The first-order valence-electron chi connectivity index (χ1n) is 6.29. The van der Waals surface area contributed by atoms with Crippen LogP contribution in [0.2, 0.25) is 0 Å². The summed E-state index contributed by atoms with van der Waals surface area (Å²) in [5, 5.41) is 3.05. The van der Waals surface area contributed by atoms with Crippen molar-refractivity contribution in [3.8, 4) is 0 Å². The van der Waals surface area contributed by atoms with Gasteiger partial charge in [-0.3, -0.25) is 4.79 Å². The van der Waals surface area contributed by atoms with E-state index in [2.05, 4.69) is 14.9 Å². The van der Waals surface area contributed by atoms with E-state index in [1.165, 1.54) is 0 Å². The summed E-state index contributed by atoms with van der Waals surface area (Å²) in [6.07, 6.45) is 2.48. The zero-order chi connectivity index (χ0) is 13.8. The Kier molecular flexibility index (Phi) is 4.90. The molecule has 5 nitrogen and oxygen atoms in total. The Morgan fingerprint density at radius 2 is 2.22 bits per heavy atom. The third-order valence-electron chi connectivity index (χ3n) is 3.48. The van der Waals surface area contributed by atoms with Crippen LogP contribution in [0, 0.1) is 13.8 Å². The van der Waals surface area contributed by atoms with Gasteiger partial charge in [0.2, 0.25) is 0 Å². The summed E-state index contributed by atoms with van der Waals surface area (Å²) < 4.78 is 7.16. The van der Waals surface area contributed by atoms with Crippen LogP contribution in [0.1, 0.15) is 31.7 Å². The second-order valence-electron chi connectivity index (χ2n) is 4.66. The van der Waals surface area contributed by atoms with Gasteiger partial charge in [0.05, 0.1) is 18.6 Å². The van der Waals surface area contributed by atoms with Crippen molar-refractivity contribution in [1.29, 1.82) is 0 Å². The lowest BCUT2D eigenvalue weighted by Gasteiger charge is -2.27. The number of carbonyl (C=O) groups excluding carboxylic acids is 1. The number of ether oxygens (including phenoxy) is 1. The third-order valence-corrected chi connectivity index (χ3v) is 3.48. The Bertz CT molecular complexity index is 414. The van der Waals surface area contributed by atoms with Crippen molar-refractivity contribution in [1.82, 2.24) is 14.9 Å². The van der Waals surface area contributed by atoms with E-state index in [0.717, 1.165) is 17.9 Å². The predicted molar refractivity (Wildman–Crippen MR) is 70.4 cm³/mol.